The van der Waals surface area contributed by atoms with E-state index >= 15 is 0 Å². The van der Waals surface area contributed by atoms with E-state index in [0.29, 0.717) is 24.0 Å². The second kappa shape index (κ2) is 5.97. The summed E-state index contributed by atoms with van der Waals surface area (Å²) in [5.41, 5.74) is 0. The second-order valence-electron chi connectivity index (χ2n) is 4.65. The molecule has 0 spiro atoms. The molecule has 1 heterocycles. The summed E-state index contributed by atoms with van der Waals surface area (Å²) in [6.07, 6.45) is 0.859. The van der Waals surface area contributed by atoms with Gasteiger partial charge in [0.2, 0.25) is 10.0 Å². The fourth-order valence-corrected chi connectivity index (χ4v) is 4.55. The maximum atomic E-state index is 12.5. The molecule has 0 radical (unpaired) electrons. The molecule has 1 aromatic rings. The fourth-order valence-electron chi connectivity index (χ4n) is 2.28. The summed E-state index contributed by atoms with van der Waals surface area (Å²) >= 11 is 11.8. The molecular weight excluding hydrogens is 307 g/mol. The molecule has 1 aromatic carbocycles. The van der Waals surface area contributed by atoms with E-state index in [0.717, 1.165) is 13.0 Å². The molecule has 1 unspecified atom stereocenters. The van der Waals surface area contributed by atoms with Crippen LogP contribution in [-0.2, 0) is 10.0 Å². The molecule has 4 nitrogen and oxygen atoms in total. The molecule has 0 aliphatic carbocycles. The summed E-state index contributed by atoms with van der Waals surface area (Å²) < 4.78 is 26.5. The third kappa shape index (κ3) is 3.23. The van der Waals surface area contributed by atoms with Crippen LogP contribution in [0, 0.1) is 5.92 Å². The van der Waals surface area contributed by atoms with Crippen LogP contribution in [0.1, 0.15) is 6.42 Å². The smallest absolute Gasteiger partial charge is 0.244 e. The highest BCUT2D eigenvalue weighted by Gasteiger charge is 2.33. The average molecular weight is 323 g/mol. The molecule has 1 atom stereocenters. The SMILES string of the molecule is CNCC1CCN(S(=O)(=O)c2cc(Cl)ccc2Cl)C1. The third-order valence-corrected chi connectivity index (χ3v) is 5.83. The van der Waals surface area contributed by atoms with Crippen molar-refractivity contribution in [2.45, 2.75) is 11.3 Å². The average Bonchev–Trinajstić information content (AvgIpc) is 2.82. The minimum absolute atomic E-state index is 0.0896. The van der Waals surface area contributed by atoms with Gasteiger partial charge in [0.15, 0.2) is 0 Å². The van der Waals surface area contributed by atoms with Gasteiger partial charge in [-0.25, -0.2) is 8.42 Å². The lowest BCUT2D eigenvalue weighted by molar-refractivity contribution is 0.451. The first-order valence-corrected chi connectivity index (χ1v) is 8.24. The van der Waals surface area contributed by atoms with Crippen LogP contribution in [0.2, 0.25) is 10.0 Å². The van der Waals surface area contributed by atoms with Crippen LogP contribution < -0.4 is 5.32 Å². The zero-order valence-electron chi connectivity index (χ0n) is 10.6. The van der Waals surface area contributed by atoms with Gasteiger partial charge in [-0.15, -0.1) is 0 Å². The van der Waals surface area contributed by atoms with Crippen molar-refractivity contribution in [1.82, 2.24) is 9.62 Å². The van der Waals surface area contributed by atoms with Gasteiger partial charge in [-0.1, -0.05) is 23.2 Å². The first kappa shape index (κ1) is 15.1. The van der Waals surface area contributed by atoms with E-state index in [1.54, 1.807) is 6.07 Å². The van der Waals surface area contributed by atoms with E-state index in [4.69, 9.17) is 23.2 Å². The molecule has 1 aliphatic rings. The normalized spacial score (nSPS) is 20.9. The Labute approximate surface area is 123 Å². The summed E-state index contributed by atoms with van der Waals surface area (Å²) in [7, 11) is -1.69. The fraction of sp³-hybridized carbons (Fsp3) is 0.500. The van der Waals surface area contributed by atoms with Crippen LogP contribution in [0.5, 0.6) is 0 Å². The highest BCUT2D eigenvalue weighted by molar-refractivity contribution is 7.89. The largest absolute Gasteiger partial charge is 0.319 e. The molecule has 1 saturated heterocycles. The minimum atomic E-state index is -3.55. The van der Waals surface area contributed by atoms with E-state index in [1.807, 2.05) is 7.05 Å². The standard InChI is InChI=1S/C12H16Cl2N2O2S/c1-15-7-9-4-5-16(8-9)19(17,18)12-6-10(13)2-3-11(12)14/h2-3,6,9,15H,4-5,7-8H2,1H3. The van der Waals surface area contributed by atoms with Crippen molar-refractivity contribution in [3.05, 3.63) is 28.2 Å². The van der Waals surface area contributed by atoms with Gasteiger partial charge in [0.1, 0.15) is 4.90 Å². The molecule has 1 N–H and O–H groups in total. The van der Waals surface area contributed by atoms with Crippen LogP contribution in [0.15, 0.2) is 23.1 Å². The third-order valence-electron chi connectivity index (χ3n) is 3.25. The summed E-state index contributed by atoms with van der Waals surface area (Å²) in [5, 5.41) is 3.65. The number of halogens is 2. The molecule has 0 aromatic heterocycles. The Bertz CT molecular complexity index is 563. The Morgan fingerprint density at radius 2 is 2.16 bits per heavy atom. The van der Waals surface area contributed by atoms with Gasteiger partial charge in [-0.2, -0.15) is 4.31 Å². The quantitative estimate of drug-likeness (QED) is 0.924. The highest BCUT2D eigenvalue weighted by atomic mass is 35.5. The van der Waals surface area contributed by atoms with E-state index in [-0.39, 0.29) is 9.92 Å². The Morgan fingerprint density at radius 1 is 1.42 bits per heavy atom. The number of hydrogen-bond donors (Lipinski definition) is 1. The number of sulfonamides is 1. The Kier molecular flexibility index (Phi) is 4.74. The predicted octanol–water partition coefficient (Wildman–Crippen LogP) is 2.22. The minimum Gasteiger partial charge on any atom is -0.319 e. The van der Waals surface area contributed by atoms with Crippen LogP contribution in [0.25, 0.3) is 0 Å². The molecule has 1 aliphatic heterocycles. The molecule has 7 heteroatoms. The highest BCUT2D eigenvalue weighted by Crippen LogP contribution is 2.30. The number of nitrogens with one attached hydrogen (secondary N) is 1. The lowest BCUT2D eigenvalue weighted by atomic mass is 10.1. The van der Waals surface area contributed by atoms with Gasteiger partial charge in [0.05, 0.1) is 5.02 Å². The van der Waals surface area contributed by atoms with Crippen LogP contribution in [0.4, 0.5) is 0 Å². The lowest BCUT2D eigenvalue weighted by Crippen LogP contribution is -2.30. The monoisotopic (exact) mass is 322 g/mol. The maximum Gasteiger partial charge on any atom is 0.244 e. The summed E-state index contributed by atoms with van der Waals surface area (Å²) in [5.74, 6) is 0.345. The van der Waals surface area contributed by atoms with Crippen molar-refractivity contribution in [1.29, 1.82) is 0 Å². The first-order valence-electron chi connectivity index (χ1n) is 6.05. The van der Waals surface area contributed by atoms with Crippen molar-refractivity contribution >= 4 is 33.2 Å². The Balaban J connectivity index is 2.26. The number of hydrogen-bond acceptors (Lipinski definition) is 3. The zero-order chi connectivity index (χ0) is 14.0. The van der Waals surface area contributed by atoms with E-state index < -0.39 is 10.0 Å². The molecule has 1 fully saturated rings. The number of rotatable bonds is 4. The first-order chi connectivity index (χ1) is 8.95. The van der Waals surface area contributed by atoms with Gasteiger partial charge in [-0.3, -0.25) is 0 Å². The van der Waals surface area contributed by atoms with Crippen LogP contribution >= 0.6 is 23.2 Å². The molecular formula is C12H16Cl2N2O2S. The van der Waals surface area contributed by atoms with Gasteiger partial charge < -0.3 is 5.32 Å². The number of benzene rings is 1. The van der Waals surface area contributed by atoms with Gasteiger partial charge in [0, 0.05) is 18.1 Å². The van der Waals surface area contributed by atoms with E-state index in [1.165, 1.54) is 16.4 Å². The molecule has 2 rings (SSSR count). The van der Waals surface area contributed by atoms with Crippen LogP contribution in [-0.4, -0.2) is 39.4 Å². The maximum absolute atomic E-state index is 12.5. The van der Waals surface area contributed by atoms with Gasteiger partial charge in [-0.05, 0) is 44.1 Å². The van der Waals surface area contributed by atoms with Crippen molar-refractivity contribution in [2.75, 3.05) is 26.7 Å². The van der Waals surface area contributed by atoms with E-state index in [9.17, 15) is 8.42 Å². The summed E-state index contributed by atoms with van der Waals surface area (Å²) in [6.45, 7) is 1.86. The summed E-state index contributed by atoms with van der Waals surface area (Å²) in [4.78, 5) is 0.0896. The molecule has 0 saturated carbocycles. The topological polar surface area (TPSA) is 49.4 Å². The van der Waals surface area contributed by atoms with E-state index in [2.05, 4.69) is 5.32 Å². The lowest BCUT2D eigenvalue weighted by Gasteiger charge is -2.17. The Hall–Kier alpha value is -0.330. The number of nitrogens with zero attached hydrogens (tertiary/aromatic N) is 1. The molecule has 0 bridgehead atoms. The van der Waals surface area contributed by atoms with Crippen molar-refractivity contribution < 1.29 is 8.42 Å². The molecule has 106 valence electrons. The van der Waals surface area contributed by atoms with Gasteiger partial charge in [0.25, 0.3) is 0 Å². The molecule has 19 heavy (non-hydrogen) atoms. The van der Waals surface area contributed by atoms with Crippen molar-refractivity contribution in [3.63, 3.8) is 0 Å². The zero-order valence-corrected chi connectivity index (χ0v) is 12.9. The predicted molar refractivity (Wildman–Crippen MR) is 77.3 cm³/mol. The van der Waals surface area contributed by atoms with Gasteiger partial charge >= 0.3 is 0 Å². The van der Waals surface area contributed by atoms with Crippen LogP contribution in [0.3, 0.4) is 0 Å². The Morgan fingerprint density at radius 3 is 2.84 bits per heavy atom. The molecule has 0 amide bonds. The van der Waals surface area contributed by atoms with Crippen molar-refractivity contribution in [2.24, 2.45) is 5.92 Å². The second-order valence-corrected chi connectivity index (χ2v) is 7.40. The summed E-state index contributed by atoms with van der Waals surface area (Å²) in [6, 6.07) is 4.50. The van der Waals surface area contributed by atoms with Crippen molar-refractivity contribution in [3.8, 4) is 0 Å².